The second-order valence-electron chi connectivity index (χ2n) is 4.44. The van der Waals surface area contributed by atoms with Crippen molar-refractivity contribution >= 4 is 11.0 Å². The molecule has 1 heterocycles. The van der Waals surface area contributed by atoms with Crippen LogP contribution in [-0.2, 0) is 6.42 Å². The molecule has 16 heavy (non-hydrogen) atoms. The molecule has 4 nitrogen and oxygen atoms in total. The second-order valence-corrected chi connectivity index (χ2v) is 4.44. The third-order valence-electron chi connectivity index (χ3n) is 3.00. The van der Waals surface area contributed by atoms with Crippen LogP contribution >= 0.6 is 0 Å². The minimum atomic E-state index is -0.136. The van der Waals surface area contributed by atoms with E-state index in [0.29, 0.717) is 0 Å². The molecule has 3 rings (SSSR count). The van der Waals surface area contributed by atoms with Gasteiger partial charge in [-0.25, -0.2) is 4.79 Å². The summed E-state index contributed by atoms with van der Waals surface area (Å²) >= 11 is 0. The van der Waals surface area contributed by atoms with Crippen LogP contribution in [0.1, 0.15) is 18.4 Å². The zero-order chi connectivity index (χ0) is 11.0. The van der Waals surface area contributed by atoms with Crippen molar-refractivity contribution in [2.24, 2.45) is 0 Å². The lowest BCUT2D eigenvalue weighted by Gasteiger charge is -2.02. The molecule has 1 fully saturated rings. The van der Waals surface area contributed by atoms with E-state index in [0.717, 1.165) is 30.0 Å². The van der Waals surface area contributed by atoms with Crippen LogP contribution in [0.25, 0.3) is 11.0 Å². The Bertz CT molecular complexity index is 551. The molecule has 2 aromatic rings. The summed E-state index contributed by atoms with van der Waals surface area (Å²) in [5.41, 5.74) is 2.90. The van der Waals surface area contributed by atoms with Gasteiger partial charge in [-0.3, -0.25) is 0 Å². The smallest absolute Gasteiger partial charge is 0.314 e. The van der Waals surface area contributed by atoms with Crippen LogP contribution in [0.15, 0.2) is 23.0 Å². The molecule has 3 N–H and O–H groups in total. The quantitative estimate of drug-likeness (QED) is 0.719. The van der Waals surface area contributed by atoms with E-state index in [1.807, 2.05) is 12.1 Å². The topological polar surface area (TPSA) is 60.7 Å². The van der Waals surface area contributed by atoms with Crippen molar-refractivity contribution in [2.75, 3.05) is 6.54 Å². The van der Waals surface area contributed by atoms with Crippen molar-refractivity contribution in [2.45, 2.75) is 25.3 Å². The number of hydrogen-bond acceptors (Lipinski definition) is 2. The highest BCUT2D eigenvalue weighted by Crippen LogP contribution is 2.18. The van der Waals surface area contributed by atoms with Gasteiger partial charge in [-0.1, -0.05) is 6.07 Å². The third kappa shape index (κ3) is 2.02. The molecule has 0 saturated heterocycles. The van der Waals surface area contributed by atoms with Crippen LogP contribution in [-0.4, -0.2) is 22.6 Å². The molecule has 84 valence electrons. The number of aromatic amines is 2. The first kappa shape index (κ1) is 9.66. The first-order valence-electron chi connectivity index (χ1n) is 5.75. The van der Waals surface area contributed by atoms with E-state index in [4.69, 9.17) is 0 Å². The van der Waals surface area contributed by atoms with E-state index >= 15 is 0 Å². The van der Waals surface area contributed by atoms with Crippen molar-refractivity contribution in [1.29, 1.82) is 0 Å². The van der Waals surface area contributed by atoms with Gasteiger partial charge in [-0.15, -0.1) is 0 Å². The third-order valence-corrected chi connectivity index (χ3v) is 3.00. The number of benzene rings is 1. The van der Waals surface area contributed by atoms with Gasteiger partial charge in [0.15, 0.2) is 0 Å². The molecule has 0 amide bonds. The van der Waals surface area contributed by atoms with Crippen molar-refractivity contribution < 1.29 is 0 Å². The van der Waals surface area contributed by atoms with E-state index in [1.54, 1.807) is 0 Å². The van der Waals surface area contributed by atoms with E-state index in [-0.39, 0.29) is 5.69 Å². The van der Waals surface area contributed by atoms with Gasteiger partial charge >= 0.3 is 5.69 Å². The van der Waals surface area contributed by atoms with E-state index in [2.05, 4.69) is 21.4 Å². The molecule has 4 heteroatoms. The number of aromatic nitrogens is 2. The minimum absolute atomic E-state index is 0.136. The maximum absolute atomic E-state index is 11.1. The number of rotatable bonds is 4. The summed E-state index contributed by atoms with van der Waals surface area (Å²) in [6.45, 7) is 1.02. The molecule has 0 unspecified atom stereocenters. The maximum Gasteiger partial charge on any atom is 0.323 e. The fourth-order valence-electron chi connectivity index (χ4n) is 1.94. The van der Waals surface area contributed by atoms with Crippen LogP contribution in [0.4, 0.5) is 0 Å². The SMILES string of the molecule is O=c1[nH]c2ccc(CCNC3CC3)cc2[nH]1. The Kier molecular flexibility index (Phi) is 2.29. The predicted molar refractivity (Wildman–Crippen MR) is 63.6 cm³/mol. The normalized spacial score (nSPS) is 15.8. The second kappa shape index (κ2) is 3.79. The largest absolute Gasteiger partial charge is 0.323 e. The summed E-state index contributed by atoms with van der Waals surface area (Å²) in [6, 6.07) is 6.83. The summed E-state index contributed by atoms with van der Waals surface area (Å²) in [5.74, 6) is 0. The zero-order valence-corrected chi connectivity index (χ0v) is 9.05. The highest BCUT2D eigenvalue weighted by atomic mass is 16.1. The van der Waals surface area contributed by atoms with Crippen molar-refractivity contribution in [3.8, 4) is 0 Å². The average molecular weight is 217 g/mol. The van der Waals surface area contributed by atoms with Gasteiger partial charge in [0, 0.05) is 6.04 Å². The fraction of sp³-hybridized carbons (Fsp3) is 0.417. The van der Waals surface area contributed by atoms with Gasteiger partial charge < -0.3 is 15.3 Å². The minimum Gasteiger partial charge on any atom is -0.314 e. The van der Waals surface area contributed by atoms with Crippen molar-refractivity contribution in [1.82, 2.24) is 15.3 Å². The van der Waals surface area contributed by atoms with Gasteiger partial charge in [0.1, 0.15) is 0 Å². The molecule has 1 saturated carbocycles. The van der Waals surface area contributed by atoms with Crippen molar-refractivity contribution in [3.63, 3.8) is 0 Å². The molecular formula is C12H15N3O. The van der Waals surface area contributed by atoms with Crippen LogP contribution in [0.2, 0.25) is 0 Å². The van der Waals surface area contributed by atoms with Crippen LogP contribution in [0, 0.1) is 0 Å². The Hall–Kier alpha value is -1.55. The summed E-state index contributed by atoms with van der Waals surface area (Å²) < 4.78 is 0. The maximum atomic E-state index is 11.1. The Balaban J connectivity index is 1.73. The molecule has 1 aromatic heterocycles. The van der Waals surface area contributed by atoms with Crippen LogP contribution in [0.3, 0.4) is 0 Å². The Morgan fingerprint density at radius 3 is 2.88 bits per heavy atom. The number of H-pyrrole nitrogens is 2. The first-order valence-corrected chi connectivity index (χ1v) is 5.75. The molecule has 0 aliphatic heterocycles. The molecular weight excluding hydrogens is 202 g/mol. The van der Waals surface area contributed by atoms with Gasteiger partial charge in [0.25, 0.3) is 0 Å². The molecule has 1 aliphatic carbocycles. The number of imidazole rings is 1. The van der Waals surface area contributed by atoms with Gasteiger partial charge in [0.05, 0.1) is 11.0 Å². The fourth-order valence-corrected chi connectivity index (χ4v) is 1.94. The molecule has 0 bridgehead atoms. The Labute approximate surface area is 93.1 Å². The Morgan fingerprint density at radius 1 is 1.25 bits per heavy atom. The molecule has 0 atom stereocenters. The van der Waals surface area contributed by atoms with E-state index in [9.17, 15) is 4.79 Å². The van der Waals surface area contributed by atoms with Crippen LogP contribution in [0.5, 0.6) is 0 Å². The predicted octanol–water partition coefficient (Wildman–Crippen LogP) is 1.15. The molecule has 1 aromatic carbocycles. The van der Waals surface area contributed by atoms with E-state index in [1.165, 1.54) is 18.4 Å². The first-order chi connectivity index (χ1) is 7.81. The number of nitrogens with one attached hydrogen (secondary N) is 3. The summed E-state index contributed by atoms with van der Waals surface area (Å²) in [7, 11) is 0. The summed E-state index contributed by atoms with van der Waals surface area (Å²) in [4.78, 5) is 16.6. The zero-order valence-electron chi connectivity index (χ0n) is 9.05. The average Bonchev–Trinajstić information content (AvgIpc) is 2.99. The highest BCUT2D eigenvalue weighted by Gasteiger charge is 2.19. The Morgan fingerprint density at radius 2 is 2.06 bits per heavy atom. The molecule has 0 radical (unpaired) electrons. The van der Waals surface area contributed by atoms with Crippen LogP contribution < -0.4 is 11.0 Å². The lowest BCUT2D eigenvalue weighted by Crippen LogP contribution is -2.19. The van der Waals surface area contributed by atoms with Gasteiger partial charge in [0.2, 0.25) is 0 Å². The molecule has 1 aliphatic rings. The summed E-state index contributed by atoms with van der Waals surface area (Å²) in [6.07, 6.45) is 3.66. The van der Waals surface area contributed by atoms with Gasteiger partial charge in [-0.05, 0) is 43.5 Å². The number of fused-ring (bicyclic) bond motifs is 1. The monoisotopic (exact) mass is 217 g/mol. The van der Waals surface area contributed by atoms with E-state index < -0.39 is 0 Å². The lowest BCUT2D eigenvalue weighted by atomic mass is 10.1. The summed E-state index contributed by atoms with van der Waals surface area (Å²) in [5, 5.41) is 3.48. The standard InChI is InChI=1S/C12H15N3O/c16-12-14-10-4-1-8(7-11(10)15-12)5-6-13-9-2-3-9/h1,4,7,9,13H,2-3,5-6H2,(H2,14,15,16). The number of hydrogen-bond donors (Lipinski definition) is 3. The van der Waals surface area contributed by atoms with Gasteiger partial charge in [-0.2, -0.15) is 0 Å². The molecule has 0 spiro atoms. The lowest BCUT2D eigenvalue weighted by molar-refractivity contribution is 0.682. The van der Waals surface area contributed by atoms with Crippen molar-refractivity contribution in [3.05, 3.63) is 34.2 Å². The highest BCUT2D eigenvalue weighted by molar-refractivity contribution is 5.74.